The van der Waals surface area contributed by atoms with E-state index in [2.05, 4.69) is 24.4 Å². The van der Waals surface area contributed by atoms with Crippen molar-refractivity contribution < 1.29 is 0 Å². The molecule has 2 unspecified atom stereocenters. The van der Waals surface area contributed by atoms with E-state index in [1.165, 1.54) is 5.56 Å². The Kier molecular flexibility index (Phi) is 1.94. The Morgan fingerprint density at radius 1 is 1.46 bits per heavy atom. The van der Waals surface area contributed by atoms with Crippen LogP contribution < -0.4 is 5.32 Å². The molecule has 2 atom stereocenters. The van der Waals surface area contributed by atoms with E-state index in [9.17, 15) is 0 Å². The fraction of sp³-hybridized carbons (Fsp3) is 0.364. The molecule has 1 N–H and O–H groups in total. The zero-order chi connectivity index (χ0) is 9.26. The number of para-hydroxylation sites is 1. The first-order valence-electron chi connectivity index (χ1n) is 4.56. The molecule has 0 aromatic heterocycles. The minimum atomic E-state index is -0.0232. The molecular weight excluding hydrogens is 160 g/mol. The molecule has 1 aromatic rings. The van der Waals surface area contributed by atoms with Gasteiger partial charge < -0.3 is 5.32 Å². The van der Waals surface area contributed by atoms with Gasteiger partial charge in [-0.1, -0.05) is 25.1 Å². The van der Waals surface area contributed by atoms with E-state index in [4.69, 9.17) is 5.26 Å². The van der Waals surface area contributed by atoms with Gasteiger partial charge in [-0.2, -0.15) is 5.26 Å². The summed E-state index contributed by atoms with van der Waals surface area (Å²) < 4.78 is 0. The van der Waals surface area contributed by atoms with Gasteiger partial charge in [0.15, 0.2) is 0 Å². The molecule has 0 saturated carbocycles. The molecule has 0 spiro atoms. The molecule has 0 saturated heterocycles. The second-order valence-corrected chi connectivity index (χ2v) is 3.55. The Morgan fingerprint density at radius 3 is 3.00 bits per heavy atom. The number of anilines is 1. The average molecular weight is 172 g/mol. The van der Waals surface area contributed by atoms with Crippen molar-refractivity contribution in [3.63, 3.8) is 0 Å². The molecule has 66 valence electrons. The van der Waals surface area contributed by atoms with Gasteiger partial charge >= 0.3 is 0 Å². The van der Waals surface area contributed by atoms with Gasteiger partial charge in [0, 0.05) is 5.69 Å². The fourth-order valence-electron chi connectivity index (χ4n) is 1.87. The summed E-state index contributed by atoms with van der Waals surface area (Å²) in [4.78, 5) is 0. The lowest BCUT2D eigenvalue weighted by Crippen LogP contribution is -2.25. The maximum atomic E-state index is 8.82. The molecule has 13 heavy (non-hydrogen) atoms. The van der Waals surface area contributed by atoms with Crippen LogP contribution in [-0.2, 0) is 0 Å². The van der Waals surface area contributed by atoms with Gasteiger partial charge in [-0.15, -0.1) is 0 Å². The van der Waals surface area contributed by atoms with Crippen molar-refractivity contribution in [1.82, 2.24) is 0 Å². The molecule has 2 rings (SSSR count). The Labute approximate surface area is 78.2 Å². The van der Waals surface area contributed by atoms with E-state index in [0.717, 1.165) is 12.1 Å². The normalized spacial score (nSPS) is 25.5. The maximum absolute atomic E-state index is 8.82. The molecular formula is C11H12N2. The number of rotatable bonds is 0. The Morgan fingerprint density at radius 2 is 2.23 bits per heavy atom. The summed E-state index contributed by atoms with van der Waals surface area (Å²) in [5.41, 5.74) is 2.45. The number of hydrogen-bond donors (Lipinski definition) is 1. The minimum Gasteiger partial charge on any atom is -0.370 e. The van der Waals surface area contributed by atoms with Gasteiger partial charge in [0.25, 0.3) is 0 Å². The predicted octanol–water partition coefficient (Wildman–Crippen LogP) is 2.50. The lowest BCUT2D eigenvalue weighted by atomic mass is 9.89. The van der Waals surface area contributed by atoms with Crippen LogP contribution in [0.5, 0.6) is 0 Å². The van der Waals surface area contributed by atoms with Crippen LogP contribution in [-0.4, -0.2) is 6.04 Å². The van der Waals surface area contributed by atoms with Gasteiger partial charge in [0.05, 0.1) is 6.07 Å². The SMILES string of the molecule is CC1CC(C#N)Nc2ccccc21. The van der Waals surface area contributed by atoms with Crippen LogP contribution in [0.4, 0.5) is 5.69 Å². The quantitative estimate of drug-likeness (QED) is 0.652. The average Bonchev–Trinajstić information content (AvgIpc) is 2.18. The first-order valence-corrected chi connectivity index (χ1v) is 4.56. The highest BCUT2D eigenvalue weighted by Crippen LogP contribution is 2.33. The number of benzene rings is 1. The van der Waals surface area contributed by atoms with Gasteiger partial charge in [-0.3, -0.25) is 0 Å². The highest BCUT2D eigenvalue weighted by molar-refractivity contribution is 5.56. The number of nitrogens with zero attached hydrogens (tertiary/aromatic N) is 1. The monoisotopic (exact) mass is 172 g/mol. The third-order valence-electron chi connectivity index (χ3n) is 2.57. The predicted molar refractivity (Wildman–Crippen MR) is 52.5 cm³/mol. The summed E-state index contributed by atoms with van der Waals surface area (Å²) in [6.07, 6.45) is 0.910. The molecule has 1 aliphatic rings. The lowest BCUT2D eigenvalue weighted by Gasteiger charge is -2.27. The van der Waals surface area contributed by atoms with Crippen molar-refractivity contribution in [2.45, 2.75) is 25.3 Å². The smallest absolute Gasteiger partial charge is 0.115 e. The molecule has 0 aliphatic carbocycles. The fourth-order valence-corrected chi connectivity index (χ4v) is 1.87. The number of nitrogens with one attached hydrogen (secondary N) is 1. The summed E-state index contributed by atoms with van der Waals surface area (Å²) in [7, 11) is 0. The van der Waals surface area contributed by atoms with Crippen LogP contribution in [0.15, 0.2) is 24.3 Å². The third-order valence-corrected chi connectivity index (χ3v) is 2.57. The summed E-state index contributed by atoms with van der Waals surface area (Å²) >= 11 is 0. The van der Waals surface area contributed by atoms with E-state index in [0.29, 0.717) is 5.92 Å². The first-order chi connectivity index (χ1) is 6.31. The Balaban J connectivity index is 2.38. The molecule has 0 radical (unpaired) electrons. The Bertz CT molecular complexity index is 351. The number of hydrogen-bond acceptors (Lipinski definition) is 2. The Hall–Kier alpha value is -1.49. The third kappa shape index (κ3) is 1.38. The van der Waals surface area contributed by atoms with Gasteiger partial charge in [0.2, 0.25) is 0 Å². The van der Waals surface area contributed by atoms with E-state index < -0.39 is 0 Å². The second kappa shape index (κ2) is 3.10. The molecule has 2 nitrogen and oxygen atoms in total. The summed E-state index contributed by atoms with van der Waals surface area (Å²) in [6.45, 7) is 2.17. The van der Waals surface area contributed by atoms with Crippen LogP contribution in [0.1, 0.15) is 24.8 Å². The van der Waals surface area contributed by atoms with Gasteiger partial charge in [-0.05, 0) is 24.0 Å². The lowest BCUT2D eigenvalue weighted by molar-refractivity contribution is 0.628. The largest absolute Gasteiger partial charge is 0.370 e. The first kappa shape index (κ1) is 8.12. The van der Waals surface area contributed by atoms with Crippen LogP contribution in [0.25, 0.3) is 0 Å². The van der Waals surface area contributed by atoms with Crippen LogP contribution in [0.2, 0.25) is 0 Å². The molecule has 0 amide bonds. The maximum Gasteiger partial charge on any atom is 0.115 e. The van der Waals surface area contributed by atoms with E-state index >= 15 is 0 Å². The molecule has 2 heteroatoms. The van der Waals surface area contributed by atoms with E-state index in [-0.39, 0.29) is 6.04 Å². The second-order valence-electron chi connectivity index (χ2n) is 3.55. The van der Waals surface area contributed by atoms with E-state index in [1.54, 1.807) is 0 Å². The van der Waals surface area contributed by atoms with E-state index in [1.807, 2.05) is 18.2 Å². The zero-order valence-corrected chi connectivity index (χ0v) is 7.62. The molecule has 1 aliphatic heterocycles. The van der Waals surface area contributed by atoms with Crippen LogP contribution in [0, 0.1) is 11.3 Å². The van der Waals surface area contributed by atoms with Gasteiger partial charge in [0.1, 0.15) is 6.04 Å². The topological polar surface area (TPSA) is 35.8 Å². The van der Waals surface area contributed by atoms with Crippen LogP contribution in [0.3, 0.4) is 0 Å². The van der Waals surface area contributed by atoms with Crippen molar-refractivity contribution >= 4 is 5.69 Å². The van der Waals surface area contributed by atoms with Crippen molar-refractivity contribution in [1.29, 1.82) is 5.26 Å². The summed E-state index contributed by atoms with van der Waals surface area (Å²) in [5.74, 6) is 0.488. The molecule has 1 heterocycles. The number of nitriles is 1. The van der Waals surface area contributed by atoms with Crippen molar-refractivity contribution in [3.8, 4) is 6.07 Å². The van der Waals surface area contributed by atoms with Crippen molar-refractivity contribution in [2.75, 3.05) is 5.32 Å². The number of fused-ring (bicyclic) bond motifs is 1. The van der Waals surface area contributed by atoms with Crippen LogP contribution >= 0.6 is 0 Å². The standard InChI is InChI=1S/C11H12N2/c1-8-6-9(7-12)13-11-5-3-2-4-10(8)11/h2-5,8-9,13H,6H2,1H3. The highest BCUT2D eigenvalue weighted by Gasteiger charge is 2.22. The zero-order valence-electron chi connectivity index (χ0n) is 7.62. The van der Waals surface area contributed by atoms with Crippen molar-refractivity contribution in [3.05, 3.63) is 29.8 Å². The minimum absolute atomic E-state index is 0.0232. The highest BCUT2D eigenvalue weighted by atomic mass is 14.9. The molecule has 1 aromatic carbocycles. The summed E-state index contributed by atoms with van der Waals surface area (Å²) in [5, 5.41) is 12.0. The van der Waals surface area contributed by atoms with Crippen molar-refractivity contribution in [2.24, 2.45) is 0 Å². The summed E-state index contributed by atoms with van der Waals surface area (Å²) in [6, 6.07) is 10.4. The molecule has 0 bridgehead atoms. The molecule has 0 fully saturated rings. The van der Waals surface area contributed by atoms with Gasteiger partial charge in [-0.25, -0.2) is 0 Å².